The molecule has 1 amide bonds. The van der Waals surface area contributed by atoms with Gasteiger partial charge in [-0.3, -0.25) is 9.78 Å². The number of aromatic carboxylic acids is 1. The first kappa shape index (κ1) is 20.8. The van der Waals surface area contributed by atoms with E-state index in [4.69, 9.17) is 4.74 Å². The van der Waals surface area contributed by atoms with Gasteiger partial charge in [0.05, 0.1) is 23.9 Å². The number of hydrogen-bond acceptors (Lipinski definition) is 4. The SMILES string of the molecule is COc1cc(C(=O)O)c(NC(=O)c2cncc(-c3ccccc3)c2)cc1-c1ccccc1. The highest BCUT2D eigenvalue weighted by molar-refractivity contribution is 6.09. The lowest BCUT2D eigenvalue weighted by Gasteiger charge is -2.15. The molecule has 1 heterocycles. The van der Waals surface area contributed by atoms with E-state index in [2.05, 4.69) is 10.3 Å². The Hall–Kier alpha value is -4.45. The van der Waals surface area contributed by atoms with E-state index in [1.165, 1.54) is 19.4 Å². The molecule has 4 aromatic rings. The third kappa shape index (κ3) is 4.34. The fourth-order valence-corrected chi connectivity index (χ4v) is 3.42. The number of hydrogen-bond donors (Lipinski definition) is 2. The molecule has 0 unspecified atom stereocenters. The van der Waals surface area contributed by atoms with Crippen molar-refractivity contribution in [3.05, 3.63) is 102 Å². The number of amides is 1. The summed E-state index contributed by atoms with van der Waals surface area (Å²) >= 11 is 0. The van der Waals surface area contributed by atoms with Crippen LogP contribution in [0.2, 0.25) is 0 Å². The Morgan fingerprint density at radius 3 is 2.12 bits per heavy atom. The first-order valence-corrected chi connectivity index (χ1v) is 9.89. The minimum absolute atomic E-state index is 0.0675. The summed E-state index contributed by atoms with van der Waals surface area (Å²) in [5, 5.41) is 12.4. The van der Waals surface area contributed by atoms with Gasteiger partial charge in [-0.1, -0.05) is 60.7 Å². The van der Waals surface area contributed by atoms with Crippen molar-refractivity contribution in [3.63, 3.8) is 0 Å². The van der Waals surface area contributed by atoms with Crippen molar-refractivity contribution in [2.24, 2.45) is 0 Å². The van der Waals surface area contributed by atoms with Crippen molar-refractivity contribution < 1.29 is 19.4 Å². The maximum Gasteiger partial charge on any atom is 0.337 e. The predicted molar refractivity (Wildman–Crippen MR) is 123 cm³/mol. The lowest BCUT2D eigenvalue weighted by Crippen LogP contribution is -2.15. The van der Waals surface area contributed by atoms with E-state index in [0.717, 1.165) is 16.7 Å². The summed E-state index contributed by atoms with van der Waals surface area (Å²) in [6.45, 7) is 0. The van der Waals surface area contributed by atoms with Crippen molar-refractivity contribution >= 4 is 17.6 Å². The van der Waals surface area contributed by atoms with E-state index in [1.54, 1.807) is 18.3 Å². The topological polar surface area (TPSA) is 88.5 Å². The molecule has 0 atom stereocenters. The number of rotatable bonds is 6. The van der Waals surface area contributed by atoms with Crippen LogP contribution in [0.15, 0.2) is 91.3 Å². The number of anilines is 1. The van der Waals surface area contributed by atoms with Crippen molar-refractivity contribution in [1.82, 2.24) is 4.98 Å². The number of carbonyl (C=O) groups excluding carboxylic acids is 1. The highest BCUT2D eigenvalue weighted by Gasteiger charge is 2.19. The van der Waals surface area contributed by atoms with Gasteiger partial charge < -0.3 is 15.2 Å². The summed E-state index contributed by atoms with van der Waals surface area (Å²) in [5.74, 6) is -1.23. The first-order chi connectivity index (χ1) is 15.6. The fraction of sp³-hybridized carbons (Fsp3) is 0.0385. The molecular formula is C26H20N2O4. The summed E-state index contributed by atoms with van der Waals surface area (Å²) in [5.41, 5.74) is 3.65. The highest BCUT2D eigenvalue weighted by Crippen LogP contribution is 2.35. The smallest absolute Gasteiger partial charge is 0.337 e. The number of aromatic nitrogens is 1. The van der Waals surface area contributed by atoms with Crippen LogP contribution in [0.4, 0.5) is 5.69 Å². The van der Waals surface area contributed by atoms with Crippen LogP contribution in [0.25, 0.3) is 22.3 Å². The molecule has 0 saturated heterocycles. The van der Waals surface area contributed by atoms with Crippen molar-refractivity contribution in [1.29, 1.82) is 0 Å². The zero-order valence-electron chi connectivity index (χ0n) is 17.3. The summed E-state index contributed by atoms with van der Waals surface area (Å²) in [4.78, 5) is 29.1. The van der Waals surface area contributed by atoms with Gasteiger partial charge in [-0.25, -0.2) is 4.79 Å². The summed E-state index contributed by atoms with van der Waals surface area (Å²) in [6.07, 6.45) is 3.12. The second-order valence-electron chi connectivity index (χ2n) is 7.05. The van der Waals surface area contributed by atoms with Crippen LogP contribution in [-0.4, -0.2) is 29.1 Å². The standard InChI is InChI=1S/C26H20N2O4/c1-32-24-14-22(26(30)31)23(13-21(24)18-10-6-3-7-11-18)28-25(29)20-12-19(15-27-16-20)17-8-4-2-5-9-17/h2-16H,1H3,(H,28,29)(H,30,31). The molecule has 0 fully saturated rings. The number of methoxy groups -OCH3 is 1. The molecule has 6 nitrogen and oxygen atoms in total. The van der Waals surface area contributed by atoms with Crippen molar-refractivity contribution in [3.8, 4) is 28.0 Å². The minimum Gasteiger partial charge on any atom is -0.496 e. The zero-order chi connectivity index (χ0) is 22.5. The van der Waals surface area contributed by atoms with E-state index >= 15 is 0 Å². The Balaban J connectivity index is 1.72. The van der Waals surface area contributed by atoms with Gasteiger partial charge in [0.25, 0.3) is 5.91 Å². The second kappa shape index (κ2) is 9.14. The molecule has 3 aromatic carbocycles. The average molecular weight is 424 g/mol. The highest BCUT2D eigenvalue weighted by atomic mass is 16.5. The van der Waals surface area contributed by atoms with E-state index in [0.29, 0.717) is 16.9 Å². The Kier molecular flexibility index (Phi) is 5.94. The molecule has 32 heavy (non-hydrogen) atoms. The minimum atomic E-state index is -1.17. The van der Waals surface area contributed by atoms with E-state index in [9.17, 15) is 14.7 Å². The summed E-state index contributed by atoms with van der Waals surface area (Å²) in [6, 6.07) is 23.7. The number of pyridine rings is 1. The molecular weight excluding hydrogens is 404 g/mol. The van der Waals surface area contributed by atoms with Gasteiger partial charge in [0.2, 0.25) is 0 Å². The first-order valence-electron chi connectivity index (χ1n) is 9.89. The average Bonchev–Trinajstić information content (AvgIpc) is 2.84. The fourth-order valence-electron chi connectivity index (χ4n) is 3.42. The van der Waals surface area contributed by atoms with Gasteiger partial charge in [-0.05, 0) is 29.3 Å². The third-order valence-corrected chi connectivity index (χ3v) is 5.01. The molecule has 158 valence electrons. The number of nitrogens with one attached hydrogen (secondary N) is 1. The zero-order valence-corrected chi connectivity index (χ0v) is 17.3. The molecule has 0 bridgehead atoms. The number of carbonyl (C=O) groups is 2. The number of ether oxygens (including phenoxy) is 1. The van der Waals surface area contributed by atoms with Gasteiger partial charge in [0.15, 0.2) is 0 Å². The number of benzene rings is 3. The van der Waals surface area contributed by atoms with Gasteiger partial charge >= 0.3 is 5.97 Å². The normalized spacial score (nSPS) is 10.4. The van der Waals surface area contributed by atoms with E-state index < -0.39 is 11.9 Å². The van der Waals surface area contributed by atoms with E-state index in [1.807, 2.05) is 60.7 Å². The van der Waals surface area contributed by atoms with Crippen LogP contribution in [0.3, 0.4) is 0 Å². The van der Waals surface area contributed by atoms with Crippen molar-refractivity contribution in [2.75, 3.05) is 12.4 Å². The lowest BCUT2D eigenvalue weighted by atomic mass is 10.0. The molecule has 1 aromatic heterocycles. The number of carboxylic acid groups (broad SMARTS) is 1. The van der Waals surface area contributed by atoms with Crippen LogP contribution >= 0.6 is 0 Å². The molecule has 0 aliphatic heterocycles. The van der Waals surface area contributed by atoms with Gasteiger partial charge in [0, 0.05) is 23.5 Å². The van der Waals surface area contributed by atoms with Gasteiger partial charge in [-0.15, -0.1) is 0 Å². The van der Waals surface area contributed by atoms with Crippen LogP contribution < -0.4 is 10.1 Å². The molecule has 0 radical (unpaired) electrons. The molecule has 4 rings (SSSR count). The predicted octanol–water partition coefficient (Wildman–Crippen LogP) is 5.37. The molecule has 0 spiro atoms. The molecule has 0 aliphatic carbocycles. The summed E-state index contributed by atoms with van der Waals surface area (Å²) < 4.78 is 5.41. The molecule has 2 N–H and O–H groups in total. The lowest BCUT2D eigenvalue weighted by molar-refractivity contribution is 0.0697. The Morgan fingerprint density at radius 2 is 1.50 bits per heavy atom. The maximum atomic E-state index is 13.0. The van der Waals surface area contributed by atoms with Gasteiger partial charge in [0.1, 0.15) is 5.75 Å². The Labute approximate surface area is 185 Å². The monoisotopic (exact) mass is 424 g/mol. The summed E-state index contributed by atoms with van der Waals surface area (Å²) in [7, 11) is 1.48. The second-order valence-corrected chi connectivity index (χ2v) is 7.05. The van der Waals surface area contributed by atoms with E-state index in [-0.39, 0.29) is 11.3 Å². The Bertz CT molecular complexity index is 1270. The third-order valence-electron chi connectivity index (χ3n) is 5.01. The van der Waals surface area contributed by atoms with Crippen LogP contribution in [0.5, 0.6) is 5.75 Å². The molecule has 0 aliphatic rings. The van der Waals surface area contributed by atoms with Gasteiger partial charge in [-0.2, -0.15) is 0 Å². The number of nitrogens with zero attached hydrogens (tertiary/aromatic N) is 1. The number of carboxylic acids is 1. The van der Waals surface area contributed by atoms with Crippen LogP contribution in [0.1, 0.15) is 20.7 Å². The van der Waals surface area contributed by atoms with Crippen LogP contribution in [-0.2, 0) is 0 Å². The van der Waals surface area contributed by atoms with Crippen LogP contribution in [0, 0.1) is 0 Å². The molecule has 6 heteroatoms. The quantitative estimate of drug-likeness (QED) is 0.434. The largest absolute Gasteiger partial charge is 0.496 e. The maximum absolute atomic E-state index is 13.0. The van der Waals surface area contributed by atoms with Crippen molar-refractivity contribution in [2.45, 2.75) is 0 Å². The Morgan fingerprint density at radius 1 is 0.844 bits per heavy atom. The molecule has 0 saturated carbocycles.